The van der Waals surface area contributed by atoms with Gasteiger partial charge in [-0.25, -0.2) is 4.99 Å². The summed E-state index contributed by atoms with van der Waals surface area (Å²) in [5, 5.41) is 10.9. The Morgan fingerprint density at radius 2 is 1.54 bits per heavy atom. The van der Waals surface area contributed by atoms with Gasteiger partial charge in [0.2, 0.25) is 5.91 Å². The molecule has 3 N–H and O–H groups in total. The molecule has 3 aromatic rings. The van der Waals surface area contributed by atoms with E-state index in [9.17, 15) is 9.59 Å². The van der Waals surface area contributed by atoms with E-state index in [1.54, 1.807) is 12.4 Å². The van der Waals surface area contributed by atoms with Crippen molar-refractivity contribution in [3.63, 3.8) is 0 Å². The Labute approximate surface area is 228 Å². The number of nitrogens with zero attached hydrogens (tertiary/aromatic N) is 4. The van der Waals surface area contributed by atoms with Crippen LogP contribution in [0.4, 0.5) is 5.69 Å². The van der Waals surface area contributed by atoms with Gasteiger partial charge < -0.3 is 11.1 Å². The Kier molecular flexibility index (Phi) is 8.63. The normalized spacial score (nSPS) is 19.4. The van der Waals surface area contributed by atoms with Crippen molar-refractivity contribution in [1.29, 1.82) is 0 Å². The molecule has 1 aliphatic carbocycles. The van der Waals surface area contributed by atoms with Crippen LogP contribution in [0.1, 0.15) is 43.2 Å². The van der Waals surface area contributed by atoms with E-state index >= 15 is 0 Å². The number of carbonyl (C=O) groups excluding carboxylic acids is 2. The van der Waals surface area contributed by atoms with Crippen LogP contribution in [0.2, 0.25) is 0 Å². The van der Waals surface area contributed by atoms with Crippen LogP contribution in [0.15, 0.2) is 88.3 Å². The van der Waals surface area contributed by atoms with E-state index in [1.165, 1.54) is 0 Å². The highest BCUT2D eigenvalue weighted by Gasteiger charge is 2.30. The number of ketones is 1. The Morgan fingerprint density at radius 3 is 2.18 bits per heavy atom. The van der Waals surface area contributed by atoms with Gasteiger partial charge in [-0.1, -0.05) is 24.3 Å². The zero-order valence-corrected chi connectivity index (χ0v) is 22.0. The number of hydrogen-bond acceptors (Lipinski definition) is 7. The quantitative estimate of drug-likeness (QED) is 0.368. The Balaban J connectivity index is 1.29. The number of hydrogen-bond donors (Lipinski definition) is 2. The SMILES string of the molecule is NCC1CCC(C(=O)C[C@@H](Cc2ccc(-c3ccncc3)cc2)C(=O)Nc2ccc(C3=NCN=N3)cc2)CC1. The summed E-state index contributed by atoms with van der Waals surface area (Å²) in [4.78, 5) is 35.2. The second-order valence-corrected chi connectivity index (χ2v) is 10.4. The van der Waals surface area contributed by atoms with Crippen molar-refractivity contribution >= 4 is 23.2 Å². The average Bonchev–Trinajstić information content (AvgIpc) is 3.53. The summed E-state index contributed by atoms with van der Waals surface area (Å²) in [6.45, 7) is 1.03. The van der Waals surface area contributed by atoms with Crippen LogP contribution in [0.5, 0.6) is 0 Å². The van der Waals surface area contributed by atoms with Crippen molar-refractivity contribution in [2.45, 2.75) is 38.5 Å². The number of nitrogens with two attached hydrogens (primary N) is 1. The molecule has 0 saturated heterocycles. The average molecular weight is 523 g/mol. The van der Waals surface area contributed by atoms with E-state index in [0.29, 0.717) is 37.1 Å². The van der Waals surface area contributed by atoms with Crippen LogP contribution in [-0.2, 0) is 16.0 Å². The standard InChI is InChI=1S/C31H34N6O2/c32-19-22-3-7-25(8-4-22)29(38)18-27(17-21-1-5-23(6-2-21)24-13-15-33-16-14-24)31(39)36-28-11-9-26(10-12-28)30-34-20-35-37-30/h1-2,5-6,9-16,22,25,27H,3-4,7-8,17-20,32H2,(H,36,39)/t22?,25?,27-/m1/s1. The van der Waals surface area contributed by atoms with Gasteiger partial charge in [0.05, 0.1) is 0 Å². The predicted octanol–water partition coefficient (Wildman–Crippen LogP) is 5.44. The maximum atomic E-state index is 13.5. The van der Waals surface area contributed by atoms with Gasteiger partial charge in [-0.15, -0.1) is 5.11 Å². The first-order chi connectivity index (χ1) is 19.1. The van der Waals surface area contributed by atoms with Crippen molar-refractivity contribution in [2.24, 2.45) is 38.7 Å². The van der Waals surface area contributed by atoms with Gasteiger partial charge in [0, 0.05) is 41.9 Å². The van der Waals surface area contributed by atoms with Gasteiger partial charge >= 0.3 is 0 Å². The van der Waals surface area contributed by atoms with Gasteiger partial charge in [-0.3, -0.25) is 14.6 Å². The molecular formula is C31H34N6O2. The molecule has 2 aliphatic rings. The van der Waals surface area contributed by atoms with Crippen LogP contribution in [0.25, 0.3) is 11.1 Å². The fraction of sp³-hybridized carbons (Fsp3) is 0.355. The summed E-state index contributed by atoms with van der Waals surface area (Å²) in [5.74, 6) is 0.673. The number of pyridine rings is 1. The maximum absolute atomic E-state index is 13.5. The molecule has 39 heavy (non-hydrogen) atoms. The van der Waals surface area contributed by atoms with Crippen molar-refractivity contribution in [3.8, 4) is 11.1 Å². The lowest BCUT2D eigenvalue weighted by Crippen LogP contribution is -2.31. The molecule has 200 valence electrons. The molecule has 2 heterocycles. The second kappa shape index (κ2) is 12.7. The van der Waals surface area contributed by atoms with Gasteiger partial charge in [0.15, 0.2) is 12.5 Å². The third-order valence-corrected chi connectivity index (χ3v) is 7.76. The summed E-state index contributed by atoms with van der Waals surface area (Å²) >= 11 is 0. The molecule has 5 rings (SSSR count). The van der Waals surface area contributed by atoms with Crippen molar-refractivity contribution in [3.05, 3.63) is 84.2 Å². The van der Waals surface area contributed by atoms with Crippen LogP contribution >= 0.6 is 0 Å². The molecule has 8 nitrogen and oxygen atoms in total. The summed E-state index contributed by atoms with van der Waals surface area (Å²) in [7, 11) is 0. The number of rotatable bonds is 10. The number of Topliss-reactive ketones (excluding diaryl/α,β-unsaturated/α-hetero) is 1. The van der Waals surface area contributed by atoms with E-state index in [0.717, 1.165) is 47.9 Å². The number of anilines is 1. The van der Waals surface area contributed by atoms with E-state index in [4.69, 9.17) is 5.73 Å². The molecule has 8 heteroatoms. The van der Waals surface area contributed by atoms with Gasteiger partial charge in [-0.05, 0) is 97.7 Å². The second-order valence-electron chi connectivity index (χ2n) is 10.4. The topological polar surface area (TPSA) is 122 Å². The molecule has 1 saturated carbocycles. The zero-order chi connectivity index (χ0) is 27.0. The van der Waals surface area contributed by atoms with Crippen molar-refractivity contribution in [1.82, 2.24) is 4.98 Å². The largest absolute Gasteiger partial charge is 0.330 e. The first kappa shape index (κ1) is 26.6. The number of amides is 1. The fourth-order valence-corrected chi connectivity index (χ4v) is 5.37. The molecular weight excluding hydrogens is 488 g/mol. The minimum atomic E-state index is -0.468. The van der Waals surface area contributed by atoms with Crippen LogP contribution < -0.4 is 11.1 Å². The molecule has 0 bridgehead atoms. The van der Waals surface area contributed by atoms with Crippen molar-refractivity contribution < 1.29 is 9.59 Å². The molecule has 1 fully saturated rings. The number of aliphatic imine (C=N–C) groups is 1. The molecule has 2 aromatic carbocycles. The van der Waals surface area contributed by atoms with Gasteiger partial charge in [0.1, 0.15) is 5.78 Å². The Morgan fingerprint density at radius 1 is 0.872 bits per heavy atom. The first-order valence-corrected chi connectivity index (χ1v) is 13.6. The van der Waals surface area contributed by atoms with E-state index < -0.39 is 5.92 Å². The van der Waals surface area contributed by atoms with Gasteiger partial charge in [-0.2, -0.15) is 5.11 Å². The number of nitrogens with one attached hydrogen (secondary N) is 1. The molecule has 1 atom stereocenters. The number of benzene rings is 2. The summed E-state index contributed by atoms with van der Waals surface area (Å²) in [6.07, 6.45) is 7.94. The lowest BCUT2D eigenvalue weighted by Gasteiger charge is -2.27. The summed E-state index contributed by atoms with van der Waals surface area (Å²) in [5.41, 5.74) is 10.6. The van der Waals surface area contributed by atoms with Crippen LogP contribution in [-0.4, -0.2) is 35.7 Å². The highest BCUT2D eigenvalue weighted by molar-refractivity contribution is 6.01. The fourth-order valence-electron chi connectivity index (χ4n) is 5.37. The van der Waals surface area contributed by atoms with E-state index in [-0.39, 0.29) is 24.0 Å². The summed E-state index contributed by atoms with van der Waals surface area (Å²) < 4.78 is 0. The molecule has 0 radical (unpaired) electrons. The molecule has 1 aliphatic heterocycles. The van der Waals surface area contributed by atoms with E-state index in [1.807, 2.05) is 48.5 Å². The monoisotopic (exact) mass is 522 g/mol. The zero-order valence-electron chi connectivity index (χ0n) is 22.0. The Bertz CT molecular complexity index is 1330. The smallest absolute Gasteiger partial charge is 0.228 e. The number of amidine groups is 1. The molecule has 1 amide bonds. The molecule has 1 aromatic heterocycles. The lowest BCUT2D eigenvalue weighted by atomic mass is 9.77. The van der Waals surface area contributed by atoms with E-state index in [2.05, 4.69) is 37.7 Å². The Hall–Kier alpha value is -4.04. The van der Waals surface area contributed by atoms with Crippen LogP contribution in [0, 0.1) is 17.8 Å². The van der Waals surface area contributed by atoms with Crippen LogP contribution in [0.3, 0.4) is 0 Å². The summed E-state index contributed by atoms with van der Waals surface area (Å²) in [6, 6.07) is 19.5. The van der Waals surface area contributed by atoms with Crippen molar-refractivity contribution in [2.75, 3.05) is 18.5 Å². The minimum absolute atomic E-state index is 0.0119. The molecule has 0 spiro atoms. The first-order valence-electron chi connectivity index (χ1n) is 13.6. The molecule has 0 unspecified atom stereocenters. The third kappa shape index (κ3) is 6.89. The highest BCUT2D eigenvalue weighted by Crippen LogP contribution is 2.31. The minimum Gasteiger partial charge on any atom is -0.330 e. The third-order valence-electron chi connectivity index (χ3n) is 7.76. The predicted molar refractivity (Wildman–Crippen MR) is 152 cm³/mol. The number of azo groups is 1. The lowest BCUT2D eigenvalue weighted by molar-refractivity contribution is -0.129. The van der Waals surface area contributed by atoms with Gasteiger partial charge in [0.25, 0.3) is 0 Å². The number of aromatic nitrogens is 1. The highest BCUT2D eigenvalue weighted by atomic mass is 16.2. The number of carbonyl (C=O) groups is 2. The maximum Gasteiger partial charge on any atom is 0.228 e.